The van der Waals surface area contributed by atoms with Crippen LogP contribution in [-0.4, -0.2) is 18.0 Å². The van der Waals surface area contributed by atoms with Crippen LogP contribution < -0.4 is 10.1 Å². The molecule has 0 spiro atoms. The zero-order valence-electron chi connectivity index (χ0n) is 12.2. The van der Waals surface area contributed by atoms with E-state index in [9.17, 15) is 4.79 Å². The summed E-state index contributed by atoms with van der Waals surface area (Å²) in [7, 11) is 1.56. The minimum Gasteiger partial charge on any atom is -0.496 e. The van der Waals surface area contributed by atoms with Gasteiger partial charge in [-0.15, -0.1) is 11.3 Å². The topological polar surface area (TPSA) is 51.2 Å². The molecular weight excluding hydrogens is 308 g/mol. The summed E-state index contributed by atoms with van der Waals surface area (Å²) in [4.78, 5) is 17.6. The van der Waals surface area contributed by atoms with E-state index in [4.69, 9.17) is 16.3 Å². The minimum atomic E-state index is -0.105. The Kier molecular flexibility index (Phi) is 5.20. The quantitative estimate of drug-likeness (QED) is 0.918. The number of ether oxygens (including phenoxy) is 1. The van der Waals surface area contributed by atoms with Crippen molar-refractivity contribution in [2.75, 3.05) is 7.11 Å². The van der Waals surface area contributed by atoms with Crippen molar-refractivity contribution < 1.29 is 9.53 Å². The number of hydrogen-bond donors (Lipinski definition) is 1. The Balaban J connectivity index is 2.01. The number of nitrogens with zero attached hydrogens (tertiary/aromatic N) is 1. The molecule has 2 aromatic rings. The van der Waals surface area contributed by atoms with Crippen LogP contribution in [0.25, 0.3) is 0 Å². The van der Waals surface area contributed by atoms with Gasteiger partial charge >= 0.3 is 0 Å². The third-order valence-electron chi connectivity index (χ3n) is 3.09. The molecule has 1 aromatic carbocycles. The lowest BCUT2D eigenvalue weighted by molar-refractivity contribution is -0.120. The summed E-state index contributed by atoms with van der Waals surface area (Å²) in [5, 5.41) is 4.41. The molecule has 0 aliphatic rings. The highest BCUT2D eigenvalue weighted by Crippen LogP contribution is 2.26. The number of aromatic nitrogens is 1. The van der Waals surface area contributed by atoms with Crippen LogP contribution in [0.2, 0.25) is 5.02 Å². The normalized spacial score (nSPS) is 10.5. The lowest BCUT2D eigenvalue weighted by Crippen LogP contribution is -2.25. The highest BCUT2D eigenvalue weighted by molar-refractivity contribution is 7.11. The molecule has 0 unspecified atom stereocenters. The zero-order valence-corrected chi connectivity index (χ0v) is 13.8. The summed E-state index contributed by atoms with van der Waals surface area (Å²) in [6.07, 6.45) is 0.186. The monoisotopic (exact) mass is 324 g/mol. The maximum Gasteiger partial charge on any atom is 0.224 e. The third-order valence-corrected chi connectivity index (χ3v) is 4.37. The van der Waals surface area contributed by atoms with Gasteiger partial charge in [-0.25, -0.2) is 4.98 Å². The van der Waals surface area contributed by atoms with Gasteiger partial charge in [0.15, 0.2) is 0 Å². The third kappa shape index (κ3) is 3.95. The summed E-state index contributed by atoms with van der Waals surface area (Å²) in [5.41, 5.74) is 1.61. The van der Waals surface area contributed by atoms with Gasteiger partial charge in [-0.05, 0) is 26.0 Å². The van der Waals surface area contributed by atoms with E-state index in [1.807, 2.05) is 13.8 Å². The number of carbonyl (C=O) groups excluding carboxylic acids is 1. The number of thiazole rings is 1. The number of aryl methyl sites for hydroxylation is 2. The number of amides is 1. The molecule has 0 radical (unpaired) electrons. The van der Waals surface area contributed by atoms with Gasteiger partial charge in [-0.1, -0.05) is 17.7 Å². The molecule has 0 saturated carbocycles. The first-order valence-electron chi connectivity index (χ1n) is 6.52. The standard InChI is InChI=1S/C15H17ClN2O2S/c1-9-13(18-10(2)21-9)8-17-15(19)7-11-12(16)5-4-6-14(11)20-3/h4-6H,7-8H2,1-3H3,(H,17,19). The highest BCUT2D eigenvalue weighted by Gasteiger charge is 2.13. The summed E-state index contributed by atoms with van der Waals surface area (Å²) in [5.74, 6) is 0.518. The molecule has 1 N–H and O–H groups in total. The van der Waals surface area contributed by atoms with E-state index in [1.54, 1.807) is 36.6 Å². The minimum absolute atomic E-state index is 0.105. The van der Waals surface area contributed by atoms with Gasteiger partial charge in [-0.2, -0.15) is 0 Å². The highest BCUT2D eigenvalue weighted by atomic mass is 35.5. The van der Waals surface area contributed by atoms with Crippen molar-refractivity contribution in [3.8, 4) is 5.75 Å². The second-order valence-electron chi connectivity index (χ2n) is 4.61. The van der Waals surface area contributed by atoms with Gasteiger partial charge in [0.05, 0.1) is 30.8 Å². The number of benzene rings is 1. The molecule has 0 fully saturated rings. The molecular formula is C15H17ClN2O2S. The Labute approximate surface area is 133 Å². The van der Waals surface area contributed by atoms with E-state index in [1.165, 1.54) is 0 Å². The van der Waals surface area contributed by atoms with Crippen LogP contribution in [0.15, 0.2) is 18.2 Å². The molecule has 0 aliphatic heterocycles. The summed E-state index contributed by atoms with van der Waals surface area (Å²) >= 11 is 7.76. The maximum absolute atomic E-state index is 12.1. The van der Waals surface area contributed by atoms with E-state index in [-0.39, 0.29) is 12.3 Å². The molecule has 112 valence electrons. The van der Waals surface area contributed by atoms with Gasteiger partial charge in [0, 0.05) is 15.5 Å². The van der Waals surface area contributed by atoms with Gasteiger partial charge < -0.3 is 10.1 Å². The molecule has 4 nitrogen and oxygen atoms in total. The van der Waals surface area contributed by atoms with E-state index < -0.39 is 0 Å². The van der Waals surface area contributed by atoms with E-state index in [2.05, 4.69) is 10.3 Å². The van der Waals surface area contributed by atoms with Crippen LogP contribution in [0.3, 0.4) is 0 Å². The second-order valence-corrected chi connectivity index (χ2v) is 6.42. The molecule has 0 aliphatic carbocycles. The van der Waals surface area contributed by atoms with Crippen molar-refractivity contribution in [1.82, 2.24) is 10.3 Å². The van der Waals surface area contributed by atoms with Crippen LogP contribution in [0.4, 0.5) is 0 Å². The average Bonchev–Trinajstić information content (AvgIpc) is 2.77. The lowest BCUT2D eigenvalue weighted by atomic mass is 10.1. The summed E-state index contributed by atoms with van der Waals surface area (Å²) in [6.45, 7) is 4.39. The molecule has 6 heteroatoms. The van der Waals surface area contributed by atoms with Crippen molar-refractivity contribution in [3.05, 3.63) is 44.4 Å². The summed E-state index contributed by atoms with van der Waals surface area (Å²) < 4.78 is 5.24. The van der Waals surface area contributed by atoms with Crippen molar-refractivity contribution in [2.24, 2.45) is 0 Å². The SMILES string of the molecule is COc1cccc(Cl)c1CC(=O)NCc1nc(C)sc1C. The Morgan fingerprint density at radius 2 is 2.19 bits per heavy atom. The summed E-state index contributed by atoms with van der Waals surface area (Å²) in [6, 6.07) is 5.34. The number of hydrogen-bond acceptors (Lipinski definition) is 4. The number of nitrogens with one attached hydrogen (secondary N) is 1. The van der Waals surface area contributed by atoms with Gasteiger partial charge in [-0.3, -0.25) is 4.79 Å². The van der Waals surface area contributed by atoms with E-state index in [0.29, 0.717) is 22.9 Å². The van der Waals surface area contributed by atoms with Crippen molar-refractivity contribution in [2.45, 2.75) is 26.8 Å². The molecule has 0 saturated heterocycles. The van der Waals surface area contributed by atoms with E-state index >= 15 is 0 Å². The molecule has 1 heterocycles. The van der Waals surface area contributed by atoms with Crippen LogP contribution in [-0.2, 0) is 17.8 Å². The Morgan fingerprint density at radius 1 is 1.43 bits per heavy atom. The fourth-order valence-corrected chi connectivity index (χ4v) is 3.11. The van der Waals surface area contributed by atoms with Crippen LogP contribution in [0.1, 0.15) is 21.1 Å². The predicted octanol–water partition coefficient (Wildman–Crippen LogP) is 3.28. The second kappa shape index (κ2) is 6.91. The fourth-order valence-electron chi connectivity index (χ4n) is 2.04. The molecule has 0 bridgehead atoms. The lowest BCUT2D eigenvalue weighted by Gasteiger charge is -2.10. The molecule has 1 amide bonds. The largest absolute Gasteiger partial charge is 0.496 e. The average molecular weight is 325 g/mol. The van der Waals surface area contributed by atoms with Crippen LogP contribution in [0, 0.1) is 13.8 Å². The number of halogens is 1. The maximum atomic E-state index is 12.1. The van der Waals surface area contributed by atoms with Gasteiger partial charge in [0.2, 0.25) is 5.91 Å². The number of rotatable bonds is 5. The first-order chi connectivity index (χ1) is 10.0. The van der Waals surface area contributed by atoms with Crippen LogP contribution >= 0.6 is 22.9 Å². The fraction of sp³-hybridized carbons (Fsp3) is 0.333. The van der Waals surface area contributed by atoms with Crippen LogP contribution in [0.5, 0.6) is 5.75 Å². The molecule has 21 heavy (non-hydrogen) atoms. The smallest absolute Gasteiger partial charge is 0.224 e. The Hall–Kier alpha value is -1.59. The number of methoxy groups -OCH3 is 1. The number of carbonyl (C=O) groups is 1. The zero-order chi connectivity index (χ0) is 15.4. The molecule has 0 atom stereocenters. The molecule has 1 aromatic heterocycles. The first kappa shape index (κ1) is 15.8. The van der Waals surface area contributed by atoms with Crippen molar-refractivity contribution in [1.29, 1.82) is 0 Å². The van der Waals surface area contributed by atoms with Crippen molar-refractivity contribution in [3.63, 3.8) is 0 Å². The Bertz CT molecular complexity index is 655. The van der Waals surface area contributed by atoms with E-state index in [0.717, 1.165) is 15.6 Å². The molecule has 2 rings (SSSR count). The van der Waals surface area contributed by atoms with Gasteiger partial charge in [0.25, 0.3) is 0 Å². The predicted molar refractivity (Wildman–Crippen MR) is 85.1 cm³/mol. The first-order valence-corrected chi connectivity index (χ1v) is 7.71. The van der Waals surface area contributed by atoms with Gasteiger partial charge in [0.1, 0.15) is 5.75 Å². The van der Waals surface area contributed by atoms with Crippen molar-refractivity contribution >= 4 is 28.8 Å². The Morgan fingerprint density at radius 3 is 2.81 bits per heavy atom.